The van der Waals surface area contributed by atoms with E-state index in [9.17, 15) is 9.18 Å². The number of carboxylic acid groups (broad SMARTS) is 1. The largest absolute Gasteiger partial charge is 0.483 e. The highest BCUT2D eigenvalue weighted by Crippen LogP contribution is 2.23. The zero-order valence-corrected chi connectivity index (χ0v) is 11.9. The molecule has 0 aliphatic rings. The molecule has 1 aromatic heterocycles. The molecule has 0 aliphatic carbocycles. The number of carbonyl (C=O) groups is 1. The number of rotatable bonds is 4. The third kappa shape index (κ3) is 3.56. The van der Waals surface area contributed by atoms with E-state index < -0.39 is 11.8 Å². The molecule has 1 heterocycles. The number of benzene rings is 1. The first-order chi connectivity index (χ1) is 9.77. The SMILES string of the molecule is CC(C)(C)c1nnc(COc2ccc(F)cc2C(=O)O)o1. The predicted octanol–water partition coefficient (Wildman–Crippen LogP) is 2.78. The molecule has 1 aromatic carbocycles. The van der Waals surface area contributed by atoms with Gasteiger partial charge in [-0.05, 0) is 18.2 Å². The van der Waals surface area contributed by atoms with Crippen molar-refractivity contribution in [3.05, 3.63) is 41.4 Å². The van der Waals surface area contributed by atoms with Crippen LogP contribution in [0.1, 0.15) is 42.9 Å². The van der Waals surface area contributed by atoms with Gasteiger partial charge in [0.05, 0.1) is 0 Å². The molecule has 6 nitrogen and oxygen atoms in total. The summed E-state index contributed by atoms with van der Waals surface area (Å²) in [5.74, 6) is -1.20. The monoisotopic (exact) mass is 294 g/mol. The molecule has 0 spiro atoms. The standard InChI is InChI=1S/C14H15FN2O4/c1-14(2,3)13-17-16-11(21-13)7-20-10-5-4-8(15)6-9(10)12(18)19/h4-6H,7H2,1-3H3,(H,18,19). The quantitative estimate of drug-likeness (QED) is 0.933. The summed E-state index contributed by atoms with van der Waals surface area (Å²) >= 11 is 0. The van der Waals surface area contributed by atoms with Gasteiger partial charge in [0, 0.05) is 5.41 Å². The molecular formula is C14H15FN2O4. The van der Waals surface area contributed by atoms with Gasteiger partial charge >= 0.3 is 5.97 Å². The van der Waals surface area contributed by atoms with Crippen LogP contribution in [0.3, 0.4) is 0 Å². The summed E-state index contributed by atoms with van der Waals surface area (Å²) in [7, 11) is 0. The van der Waals surface area contributed by atoms with Crippen molar-refractivity contribution in [3.8, 4) is 5.75 Å². The van der Waals surface area contributed by atoms with E-state index in [2.05, 4.69) is 10.2 Å². The van der Waals surface area contributed by atoms with Crippen molar-refractivity contribution in [1.82, 2.24) is 10.2 Å². The van der Waals surface area contributed by atoms with Crippen molar-refractivity contribution in [2.24, 2.45) is 0 Å². The van der Waals surface area contributed by atoms with E-state index in [1.807, 2.05) is 20.8 Å². The van der Waals surface area contributed by atoms with E-state index >= 15 is 0 Å². The van der Waals surface area contributed by atoms with Gasteiger partial charge in [0.25, 0.3) is 5.89 Å². The fraction of sp³-hybridized carbons (Fsp3) is 0.357. The molecule has 2 rings (SSSR count). The number of aromatic carboxylic acids is 1. The first kappa shape index (κ1) is 15.0. The summed E-state index contributed by atoms with van der Waals surface area (Å²) in [6.07, 6.45) is 0. The van der Waals surface area contributed by atoms with Gasteiger partial charge < -0.3 is 14.3 Å². The molecule has 0 unspecified atom stereocenters. The Morgan fingerprint density at radius 3 is 2.67 bits per heavy atom. The first-order valence-corrected chi connectivity index (χ1v) is 6.26. The Hall–Kier alpha value is -2.44. The highest BCUT2D eigenvalue weighted by Gasteiger charge is 2.22. The minimum Gasteiger partial charge on any atom is -0.483 e. The third-order valence-corrected chi connectivity index (χ3v) is 2.63. The van der Waals surface area contributed by atoms with Crippen molar-refractivity contribution >= 4 is 5.97 Å². The van der Waals surface area contributed by atoms with Crippen LogP contribution in [-0.4, -0.2) is 21.3 Å². The molecule has 0 aliphatic heterocycles. The smallest absolute Gasteiger partial charge is 0.339 e. The molecule has 0 amide bonds. The summed E-state index contributed by atoms with van der Waals surface area (Å²) < 4.78 is 23.8. The van der Waals surface area contributed by atoms with E-state index in [0.717, 1.165) is 12.1 Å². The van der Waals surface area contributed by atoms with Crippen LogP contribution in [0.2, 0.25) is 0 Å². The Morgan fingerprint density at radius 2 is 2.10 bits per heavy atom. The minimum atomic E-state index is -1.27. The average Bonchev–Trinajstić information content (AvgIpc) is 2.85. The van der Waals surface area contributed by atoms with E-state index in [4.69, 9.17) is 14.3 Å². The van der Waals surface area contributed by atoms with E-state index in [0.29, 0.717) is 5.89 Å². The number of carboxylic acids is 1. The van der Waals surface area contributed by atoms with Gasteiger partial charge in [-0.2, -0.15) is 0 Å². The van der Waals surface area contributed by atoms with Gasteiger partial charge in [0.2, 0.25) is 5.89 Å². The number of aromatic nitrogens is 2. The topological polar surface area (TPSA) is 85.5 Å². The van der Waals surface area contributed by atoms with Gasteiger partial charge in [0.15, 0.2) is 6.61 Å². The van der Waals surface area contributed by atoms with Crippen LogP contribution in [0.4, 0.5) is 4.39 Å². The maximum absolute atomic E-state index is 13.0. The van der Waals surface area contributed by atoms with Crippen molar-refractivity contribution in [2.45, 2.75) is 32.8 Å². The molecule has 0 atom stereocenters. The Balaban J connectivity index is 2.13. The lowest BCUT2D eigenvalue weighted by atomic mass is 9.97. The second-order valence-electron chi connectivity index (χ2n) is 5.49. The molecule has 2 aromatic rings. The Bertz CT molecular complexity index is 661. The van der Waals surface area contributed by atoms with Crippen LogP contribution < -0.4 is 4.74 Å². The lowest BCUT2D eigenvalue weighted by molar-refractivity contribution is 0.0690. The van der Waals surface area contributed by atoms with Crippen LogP contribution >= 0.6 is 0 Å². The summed E-state index contributed by atoms with van der Waals surface area (Å²) in [6.45, 7) is 5.68. The highest BCUT2D eigenvalue weighted by molar-refractivity contribution is 5.90. The second kappa shape index (κ2) is 5.51. The van der Waals surface area contributed by atoms with Crippen LogP contribution in [-0.2, 0) is 12.0 Å². The lowest BCUT2D eigenvalue weighted by Gasteiger charge is -2.11. The molecule has 7 heteroatoms. The lowest BCUT2D eigenvalue weighted by Crippen LogP contribution is -2.11. The van der Waals surface area contributed by atoms with E-state index in [1.54, 1.807) is 0 Å². The van der Waals surface area contributed by atoms with Crippen molar-refractivity contribution < 1.29 is 23.4 Å². The van der Waals surface area contributed by atoms with Gasteiger partial charge in [-0.1, -0.05) is 20.8 Å². The van der Waals surface area contributed by atoms with E-state index in [1.165, 1.54) is 6.07 Å². The zero-order chi connectivity index (χ0) is 15.6. The maximum Gasteiger partial charge on any atom is 0.339 e. The Morgan fingerprint density at radius 1 is 1.38 bits per heavy atom. The number of hydrogen-bond donors (Lipinski definition) is 1. The number of nitrogens with zero attached hydrogens (tertiary/aromatic N) is 2. The number of ether oxygens (including phenoxy) is 1. The molecule has 21 heavy (non-hydrogen) atoms. The van der Waals surface area contributed by atoms with E-state index in [-0.39, 0.29) is 29.2 Å². The fourth-order valence-electron chi connectivity index (χ4n) is 1.55. The van der Waals surface area contributed by atoms with Crippen LogP contribution in [0, 0.1) is 5.82 Å². The van der Waals surface area contributed by atoms with Crippen LogP contribution in [0.15, 0.2) is 22.6 Å². The molecule has 1 N–H and O–H groups in total. The molecular weight excluding hydrogens is 279 g/mol. The molecule has 0 saturated carbocycles. The number of halogens is 1. The van der Waals surface area contributed by atoms with Crippen molar-refractivity contribution in [2.75, 3.05) is 0 Å². The van der Waals surface area contributed by atoms with Gasteiger partial charge in [0.1, 0.15) is 17.1 Å². The Kier molecular flexibility index (Phi) is 3.93. The summed E-state index contributed by atoms with van der Waals surface area (Å²) in [5.41, 5.74) is -0.543. The normalized spacial score (nSPS) is 11.4. The Labute approximate surface area is 120 Å². The first-order valence-electron chi connectivity index (χ1n) is 6.26. The number of hydrogen-bond acceptors (Lipinski definition) is 5. The second-order valence-corrected chi connectivity index (χ2v) is 5.49. The fourth-order valence-corrected chi connectivity index (χ4v) is 1.55. The average molecular weight is 294 g/mol. The summed E-state index contributed by atoms with van der Waals surface area (Å²) in [5, 5.41) is 16.7. The molecule has 0 bridgehead atoms. The predicted molar refractivity (Wildman–Crippen MR) is 70.7 cm³/mol. The third-order valence-electron chi connectivity index (χ3n) is 2.63. The van der Waals surface area contributed by atoms with Crippen molar-refractivity contribution in [1.29, 1.82) is 0 Å². The zero-order valence-electron chi connectivity index (χ0n) is 11.9. The summed E-state index contributed by atoms with van der Waals surface area (Å²) in [4.78, 5) is 11.0. The maximum atomic E-state index is 13.0. The molecule has 112 valence electrons. The highest BCUT2D eigenvalue weighted by atomic mass is 19.1. The molecule has 0 saturated heterocycles. The van der Waals surface area contributed by atoms with Crippen LogP contribution in [0.5, 0.6) is 5.75 Å². The van der Waals surface area contributed by atoms with Crippen molar-refractivity contribution in [3.63, 3.8) is 0 Å². The van der Waals surface area contributed by atoms with Crippen LogP contribution in [0.25, 0.3) is 0 Å². The molecule has 0 radical (unpaired) electrons. The molecule has 0 fully saturated rings. The van der Waals surface area contributed by atoms with Gasteiger partial charge in [-0.3, -0.25) is 0 Å². The summed E-state index contributed by atoms with van der Waals surface area (Å²) in [6, 6.07) is 3.27. The van der Waals surface area contributed by atoms with Gasteiger partial charge in [-0.25, -0.2) is 9.18 Å². The minimum absolute atomic E-state index is 0.0411. The van der Waals surface area contributed by atoms with Gasteiger partial charge in [-0.15, -0.1) is 10.2 Å².